The molecule has 0 radical (unpaired) electrons. The summed E-state index contributed by atoms with van der Waals surface area (Å²) in [5, 5.41) is 3.10. The average molecular weight is 296 g/mol. The fraction of sp³-hybridized carbons (Fsp3) is 0.615. The molecule has 0 bridgehead atoms. The SMILES string of the molecule is Cc1nc(N)sc1C(=O)NC(C)C(=O)N1CCCCC1. The Hall–Kier alpha value is -1.63. The summed E-state index contributed by atoms with van der Waals surface area (Å²) in [5.41, 5.74) is 6.18. The maximum atomic E-state index is 12.2. The monoisotopic (exact) mass is 296 g/mol. The van der Waals surface area contributed by atoms with E-state index in [4.69, 9.17) is 5.73 Å². The summed E-state index contributed by atoms with van der Waals surface area (Å²) in [5.74, 6) is -0.303. The molecule has 0 saturated carbocycles. The molecule has 20 heavy (non-hydrogen) atoms. The second kappa shape index (κ2) is 6.21. The van der Waals surface area contributed by atoms with Crippen molar-refractivity contribution in [3.05, 3.63) is 10.6 Å². The highest BCUT2D eigenvalue weighted by Crippen LogP contribution is 2.19. The molecule has 110 valence electrons. The van der Waals surface area contributed by atoms with Crippen molar-refractivity contribution >= 4 is 28.3 Å². The Balaban J connectivity index is 1.96. The van der Waals surface area contributed by atoms with E-state index in [-0.39, 0.29) is 11.8 Å². The van der Waals surface area contributed by atoms with Gasteiger partial charge in [0, 0.05) is 13.1 Å². The van der Waals surface area contributed by atoms with Crippen LogP contribution in [0.2, 0.25) is 0 Å². The summed E-state index contributed by atoms with van der Waals surface area (Å²) < 4.78 is 0. The Morgan fingerprint density at radius 1 is 1.35 bits per heavy atom. The van der Waals surface area contributed by atoms with Gasteiger partial charge in [0.15, 0.2) is 5.13 Å². The van der Waals surface area contributed by atoms with Gasteiger partial charge >= 0.3 is 0 Å². The highest BCUT2D eigenvalue weighted by atomic mass is 32.1. The number of anilines is 1. The van der Waals surface area contributed by atoms with Crippen LogP contribution in [0.25, 0.3) is 0 Å². The number of piperidine rings is 1. The summed E-state index contributed by atoms with van der Waals surface area (Å²) in [6.45, 7) is 5.02. The third-order valence-electron chi connectivity index (χ3n) is 3.41. The zero-order valence-corrected chi connectivity index (χ0v) is 12.6. The molecule has 1 aromatic heterocycles. The minimum atomic E-state index is -0.525. The zero-order valence-electron chi connectivity index (χ0n) is 11.8. The lowest BCUT2D eigenvalue weighted by molar-refractivity contribution is -0.133. The quantitative estimate of drug-likeness (QED) is 0.876. The van der Waals surface area contributed by atoms with Crippen molar-refractivity contribution < 1.29 is 9.59 Å². The van der Waals surface area contributed by atoms with Gasteiger partial charge in [-0.3, -0.25) is 9.59 Å². The smallest absolute Gasteiger partial charge is 0.263 e. The van der Waals surface area contributed by atoms with E-state index >= 15 is 0 Å². The van der Waals surface area contributed by atoms with Crippen LogP contribution in [0.1, 0.15) is 41.6 Å². The molecule has 2 amide bonds. The van der Waals surface area contributed by atoms with Crippen molar-refractivity contribution in [2.75, 3.05) is 18.8 Å². The van der Waals surface area contributed by atoms with Gasteiger partial charge in [-0.2, -0.15) is 0 Å². The van der Waals surface area contributed by atoms with Crippen molar-refractivity contribution in [3.8, 4) is 0 Å². The van der Waals surface area contributed by atoms with Gasteiger partial charge in [-0.1, -0.05) is 11.3 Å². The lowest BCUT2D eigenvalue weighted by Gasteiger charge is -2.29. The predicted octanol–water partition coefficient (Wildman–Crippen LogP) is 1.16. The Kier molecular flexibility index (Phi) is 4.59. The molecule has 6 nitrogen and oxygen atoms in total. The van der Waals surface area contributed by atoms with Crippen LogP contribution in [0.3, 0.4) is 0 Å². The van der Waals surface area contributed by atoms with Gasteiger partial charge in [0.05, 0.1) is 5.69 Å². The van der Waals surface area contributed by atoms with Crippen molar-refractivity contribution in [2.45, 2.75) is 39.2 Å². The number of amides is 2. The van der Waals surface area contributed by atoms with Crippen LogP contribution in [0, 0.1) is 6.92 Å². The van der Waals surface area contributed by atoms with E-state index in [2.05, 4.69) is 10.3 Å². The number of nitrogens with two attached hydrogens (primary N) is 1. The molecular weight excluding hydrogens is 276 g/mol. The fourth-order valence-electron chi connectivity index (χ4n) is 2.34. The van der Waals surface area contributed by atoms with Crippen molar-refractivity contribution in [2.24, 2.45) is 0 Å². The number of thiazole rings is 1. The number of likely N-dealkylation sites (tertiary alicyclic amines) is 1. The summed E-state index contributed by atoms with van der Waals surface area (Å²) >= 11 is 1.14. The largest absolute Gasteiger partial charge is 0.375 e. The number of hydrogen-bond acceptors (Lipinski definition) is 5. The highest BCUT2D eigenvalue weighted by Gasteiger charge is 2.25. The first kappa shape index (κ1) is 14.8. The molecule has 1 fully saturated rings. The zero-order chi connectivity index (χ0) is 14.7. The molecule has 1 atom stereocenters. The van der Waals surface area contributed by atoms with Crippen LogP contribution < -0.4 is 11.1 Å². The van der Waals surface area contributed by atoms with Gasteiger partial charge in [-0.15, -0.1) is 0 Å². The van der Waals surface area contributed by atoms with Gasteiger partial charge in [0.2, 0.25) is 5.91 Å². The molecule has 0 aliphatic carbocycles. The Labute approximate surface area is 122 Å². The molecule has 7 heteroatoms. The number of nitrogens with zero attached hydrogens (tertiary/aromatic N) is 2. The first-order valence-corrected chi connectivity index (χ1v) is 7.63. The number of aromatic nitrogens is 1. The molecule has 2 rings (SSSR count). The van der Waals surface area contributed by atoms with Crippen molar-refractivity contribution in [3.63, 3.8) is 0 Å². The van der Waals surface area contributed by atoms with Gasteiger partial charge in [-0.25, -0.2) is 4.98 Å². The lowest BCUT2D eigenvalue weighted by atomic mass is 10.1. The van der Waals surface area contributed by atoms with E-state index < -0.39 is 6.04 Å². The van der Waals surface area contributed by atoms with Crippen LogP contribution in [-0.4, -0.2) is 40.8 Å². The first-order valence-electron chi connectivity index (χ1n) is 6.81. The van der Waals surface area contributed by atoms with Crippen LogP contribution in [0.5, 0.6) is 0 Å². The standard InChI is InChI=1S/C13H20N4O2S/c1-8-10(20-13(14)16-8)11(18)15-9(2)12(19)17-6-4-3-5-7-17/h9H,3-7H2,1-2H3,(H2,14,16)(H,15,18). The summed E-state index contributed by atoms with van der Waals surface area (Å²) in [7, 11) is 0. The van der Waals surface area contributed by atoms with Gasteiger partial charge in [0.1, 0.15) is 10.9 Å². The number of nitrogen functional groups attached to an aromatic ring is 1. The van der Waals surface area contributed by atoms with E-state index in [1.165, 1.54) is 6.42 Å². The second-order valence-electron chi connectivity index (χ2n) is 5.05. The van der Waals surface area contributed by atoms with E-state index in [0.717, 1.165) is 37.3 Å². The molecule has 1 unspecified atom stereocenters. The maximum Gasteiger partial charge on any atom is 0.263 e. The third-order valence-corrected chi connectivity index (χ3v) is 4.39. The van der Waals surface area contributed by atoms with Crippen molar-refractivity contribution in [1.82, 2.24) is 15.2 Å². The van der Waals surface area contributed by atoms with Crippen molar-refractivity contribution in [1.29, 1.82) is 0 Å². The predicted molar refractivity (Wildman–Crippen MR) is 78.6 cm³/mol. The van der Waals surface area contributed by atoms with E-state index in [9.17, 15) is 9.59 Å². The second-order valence-corrected chi connectivity index (χ2v) is 6.08. The molecule has 3 N–H and O–H groups in total. The van der Waals surface area contributed by atoms with Crippen LogP contribution >= 0.6 is 11.3 Å². The molecule has 0 aromatic carbocycles. The Bertz CT molecular complexity index is 508. The Morgan fingerprint density at radius 2 is 2.00 bits per heavy atom. The van der Waals surface area contributed by atoms with E-state index in [0.29, 0.717) is 15.7 Å². The molecule has 2 heterocycles. The van der Waals surface area contributed by atoms with Gasteiger partial charge in [0.25, 0.3) is 5.91 Å². The maximum absolute atomic E-state index is 12.2. The first-order chi connectivity index (χ1) is 9.49. The molecule has 1 aliphatic heterocycles. The van der Waals surface area contributed by atoms with Crippen LogP contribution in [0.15, 0.2) is 0 Å². The number of rotatable bonds is 3. The number of nitrogens with one attached hydrogen (secondary N) is 1. The lowest BCUT2D eigenvalue weighted by Crippen LogP contribution is -2.48. The van der Waals surface area contributed by atoms with E-state index in [1.807, 2.05) is 4.90 Å². The summed E-state index contributed by atoms with van der Waals surface area (Å²) in [6.07, 6.45) is 3.25. The van der Waals surface area contributed by atoms with Gasteiger partial charge < -0.3 is 16.0 Å². The van der Waals surface area contributed by atoms with Gasteiger partial charge in [-0.05, 0) is 33.1 Å². The van der Waals surface area contributed by atoms with Crippen LogP contribution in [-0.2, 0) is 4.79 Å². The van der Waals surface area contributed by atoms with E-state index in [1.54, 1.807) is 13.8 Å². The number of aryl methyl sites for hydroxylation is 1. The molecule has 0 spiro atoms. The minimum Gasteiger partial charge on any atom is -0.375 e. The minimum absolute atomic E-state index is 0.0202. The number of carbonyl (C=O) groups is 2. The normalized spacial score (nSPS) is 16.8. The highest BCUT2D eigenvalue weighted by molar-refractivity contribution is 7.17. The summed E-state index contributed by atoms with van der Waals surface area (Å²) in [4.78, 5) is 30.6. The topological polar surface area (TPSA) is 88.3 Å². The molecule has 1 aromatic rings. The Morgan fingerprint density at radius 3 is 2.55 bits per heavy atom. The number of hydrogen-bond donors (Lipinski definition) is 2. The third kappa shape index (κ3) is 3.27. The summed E-state index contributed by atoms with van der Waals surface area (Å²) in [6, 6.07) is -0.525. The molecule has 1 saturated heterocycles. The molecule has 1 aliphatic rings. The average Bonchev–Trinajstić information content (AvgIpc) is 2.78. The number of carbonyl (C=O) groups excluding carboxylic acids is 2. The van der Waals surface area contributed by atoms with Crippen LogP contribution in [0.4, 0.5) is 5.13 Å². The fourth-order valence-corrected chi connectivity index (χ4v) is 3.08. The molecular formula is C13H20N4O2S.